The van der Waals surface area contributed by atoms with Gasteiger partial charge in [0.15, 0.2) is 5.15 Å². The predicted molar refractivity (Wildman–Crippen MR) is 90.8 cm³/mol. The molecule has 0 radical (unpaired) electrons. The van der Waals surface area contributed by atoms with Crippen LogP contribution in [0.2, 0.25) is 5.15 Å². The van der Waals surface area contributed by atoms with Crippen molar-refractivity contribution in [1.82, 2.24) is 14.9 Å². The Balaban J connectivity index is 1.78. The molecule has 1 aliphatic heterocycles. The topological polar surface area (TPSA) is 75.2 Å². The van der Waals surface area contributed by atoms with Gasteiger partial charge in [-0.15, -0.1) is 0 Å². The fraction of sp³-hybridized carbons (Fsp3) is 0.294. The van der Waals surface area contributed by atoms with Gasteiger partial charge < -0.3 is 10.2 Å². The first-order chi connectivity index (χ1) is 11.7. The van der Waals surface area contributed by atoms with Crippen molar-refractivity contribution in [2.45, 2.75) is 25.3 Å². The first-order valence-corrected chi connectivity index (χ1v) is 8.17. The van der Waals surface area contributed by atoms with Gasteiger partial charge in [-0.3, -0.25) is 14.6 Å². The van der Waals surface area contributed by atoms with Crippen LogP contribution in [0.1, 0.15) is 29.6 Å². The number of carbonyl (C=O) groups excluding carboxylic acids is 2. The van der Waals surface area contributed by atoms with Crippen LogP contribution < -0.4 is 5.32 Å². The maximum Gasteiger partial charge on any atom is 0.256 e. The number of nitrogens with one attached hydrogen (secondary N) is 1. The van der Waals surface area contributed by atoms with E-state index >= 15 is 0 Å². The Kier molecular flexibility index (Phi) is 5.05. The summed E-state index contributed by atoms with van der Waals surface area (Å²) in [7, 11) is 0. The third kappa shape index (κ3) is 3.54. The molecule has 6 nitrogen and oxygen atoms in total. The molecule has 7 heteroatoms. The summed E-state index contributed by atoms with van der Waals surface area (Å²) >= 11 is 5.99. The molecular formula is C17H17ClN4O2. The van der Waals surface area contributed by atoms with Gasteiger partial charge in [-0.1, -0.05) is 11.6 Å². The Labute approximate surface area is 144 Å². The van der Waals surface area contributed by atoms with Crippen LogP contribution in [0.4, 0.5) is 5.69 Å². The average Bonchev–Trinajstić information content (AvgIpc) is 2.63. The van der Waals surface area contributed by atoms with Gasteiger partial charge >= 0.3 is 0 Å². The highest BCUT2D eigenvalue weighted by Crippen LogP contribution is 2.23. The lowest BCUT2D eigenvalue weighted by molar-refractivity contribution is -0.121. The van der Waals surface area contributed by atoms with E-state index in [1.54, 1.807) is 41.6 Å². The van der Waals surface area contributed by atoms with Crippen molar-refractivity contribution < 1.29 is 9.59 Å². The molecule has 1 atom stereocenters. The highest BCUT2D eigenvalue weighted by Gasteiger charge is 2.33. The molecule has 0 spiro atoms. The molecule has 1 aliphatic rings. The molecule has 24 heavy (non-hydrogen) atoms. The van der Waals surface area contributed by atoms with Crippen molar-refractivity contribution in [3.8, 4) is 0 Å². The zero-order valence-corrected chi connectivity index (χ0v) is 13.7. The SMILES string of the molecule is O=C(Nc1cccnc1Cl)[C@@H]1CCCCN1C(=O)c1cccnc1. The molecule has 3 heterocycles. The van der Waals surface area contributed by atoms with Crippen molar-refractivity contribution in [1.29, 1.82) is 0 Å². The number of rotatable bonds is 3. The number of carbonyl (C=O) groups is 2. The summed E-state index contributed by atoms with van der Waals surface area (Å²) in [4.78, 5) is 34.9. The highest BCUT2D eigenvalue weighted by atomic mass is 35.5. The smallest absolute Gasteiger partial charge is 0.256 e. The van der Waals surface area contributed by atoms with E-state index in [0.717, 1.165) is 12.8 Å². The summed E-state index contributed by atoms with van der Waals surface area (Å²) in [5, 5.41) is 3.00. The highest BCUT2D eigenvalue weighted by molar-refractivity contribution is 6.32. The van der Waals surface area contributed by atoms with Crippen LogP contribution >= 0.6 is 11.6 Å². The van der Waals surface area contributed by atoms with Crippen molar-refractivity contribution >= 4 is 29.1 Å². The van der Waals surface area contributed by atoms with E-state index in [2.05, 4.69) is 15.3 Å². The fourth-order valence-corrected chi connectivity index (χ4v) is 2.96. The fourth-order valence-electron chi connectivity index (χ4n) is 2.80. The van der Waals surface area contributed by atoms with E-state index in [1.807, 2.05) is 0 Å². The lowest BCUT2D eigenvalue weighted by Gasteiger charge is -2.34. The molecule has 0 aliphatic carbocycles. The third-order valence-corrected chi connectivity index (χ3v) is 4.29. The molecule has 2 amide bonds. The maximum absolute atomic E-state index is 12.7. The molecule has 0 aromatic carbocycles. The number of nitrogens with zero attached hydrogens (tertiary/aromatic N) is 3. The minimum atomic E-state index is -0.525. The van der Waals surface area contributed by atoms with Crippen LogP contribution in [0.15, 0.2) is 42.9 Å². The number of hydrogen-bond acceptors (Lipinski definition) is 4. The van der Waals surface area contributed by atoms with E-state index in [0.29, 0.717) is 24.2 Å². The predicted octanol–water partition coefficient (Wildman–Crippen LogP) is 2.76. The Morgan fingerprint density at radius 3 is 2.79 bits per heavy atom. The van der Waals surface area contributed by atoms with E-state index in [9.17, 15) is 9.59 Å². The van der Waals surface area contributed by atoms with E-state index in [4.69, 9.17) is 11.6 Å². The van der Waals surface area contributed by atoms with Crippen molar-refractivity contribution in [3.63, 3.8) is 0 Å². The second kappa shape index (κ2) is 7.40. The lowest BCUT2D eigenvalue weighted by atomic mass is 10.00. The van der Waals surface area contributed by atoms with E-state index < -0.39 is 6.04 Å². The summed E-state index contributed by atoms with van der Waals surface area (Å²) in [6.07, 6.45) is 7.08. The first-order valence-electron chi connectivity index (χ1n) is 7.79. The average molecular weight is 345 g/mol. The van der Waals surface area contributed by atoms with E-state index in [-0.39, 0.29) is 17.0 Å². The van der Waals surface area contributed by atoms with Gasteiger partial charge in [-0.05, 0) is 43.5 Å². The number of halogens is 1. The van der Waals surface area contributed by atoms with Gasteiger partial charge in [0, 0.05) is 25.1 Å². The van der Waals surface area contributed by atoms with Gasteiger partial charge in [0.25, 0.3) is 5.91 Å². The molecule has 0 unspecified atom stereocenters. The molecule has 1 N–H and O–H groups in total. The number of aromatic nitrogens is 2. The molecule has 0 saturated carbocycles. The van der Waals surface area contributed by atoms with Crippen LogP contribution in [-0.2, 0) is 4.79 Å². The van der Waals surface area contributed by atoms with Crippen LogP contribution in [0.25, 0.3) is 0 Å². The molecule has 1 saturated heterocycles. The van der Waals surface area contributed by atoms with Crippen molar-refractivity contribution in [3.05, 3.63) is 53.6 Å². The third-order valence-electron chi connectivity index (χ3n) is 3.99. The van der Waals surface area contributed by atoms with Crippen LogP contribution in [0.3, 0.4) is 0 Å². The number of hydrogen-bond donors (Lipinski definition) is 1. The van der Waals surface area contributed by atoms with Crippen molar-refractivity contribution in [2.75, 3.05) is 11.9 Å². The van der Waals surface area contributed by atoms with Crippen LogP contribution in [0, 0.1) is 0 Å². The van der Waals surface area contributed by atoms with E-state index in [1.165, 1.54) is 6.20 Å². The molecular weight excluding hydrogens is 328 g/mol. The zero-order chi connectivity index (χ0) is 16.9. The Hall–Kier alpha value is -2.47. The Morgan fingerprint density at radius 1 is 1.21 bits per heavy atom. The summed E-state index contributed by atoms with van der Waals surface area (Å²) in [6, 6.07) is 6.27. The number of pyridine rings is 2. The van der Waals surface area contributed by atoms with Gasteiger partial charge in [0.1, 0.15) is 6.04 Å². The summed E-state index contributed by atoms with van der Waals surface area (Å²) in [5.41, 5.74) is 0.931. The standard InChI is InChI=1S/C17H17ClN4O2/c18-15-13(6-4-9-20-15)21-16(23)14-7-1-2-10-22(14)17(24)12-5-3-8-19-11-12/h3-6,8-9,11,14H,1-2,7,10H2,(H,21,23)/t14-/m0/s1. The minimum absolute atomic E-state index is 0.180. The zero-order valence-electron chi connectivity index (χ0n) is 13.0. The number of piperidine rings is 1. The summed E-state index contributed by atoms with van der Waals surface area (Å²) in [6.45, 7) is 0.548. The molecule has 2 aromatic heterocycles. The number of likely N-dealkylation sites (tertiary alicyclic amines) is 1. The van der Waals surface area contributed by atoms with Crippen LogP contribution in [0.5, 0.6) is 0 Å². The summed E-state index contributed by atoms with van der Waals surface area (Å²) < 4.78 is 0. The molecule has 0 bridgehead atoms. The van der Waals surface area contributed by atoms with Gasteiger partial charge in [0.05, 0.1) is 11.3 Å². The minimum Gasteiger partial charge on any atom is -0.327 e. The molecule has 124 valence electrons. The molecule has 1 fully saturated rings. The summed E-state index contributed by atoms with van der Waals surface area (Å²) in [5.74, 6) is -0.429. The van der Waals surface area contributed by atoms with Crippen LogP contribution in [-0.4, -0.2) is 39.3 Å². The maximum atomic E-state index is 12.7. The second-order valence-electron chi connectivity index (χ2n) is 5.58. The first kappa shape index (κ1) is 16.4. The van der Waals surface area contributed by atoms with Gasteiger partial charge in [0.2, 0.25) is 5.91 Å². The largest absolute Gasteiger partial charge is 0.327 e. The number of anilines is 1. The monoisotopic (exact) mass is 344 g/mol. The molecule has 3 rings (SSSR count). The van der Waals surface area contributed by atoms with Crippen molar-refractivity contribution in [2.24, 2.45) is 0 Å². The normalized spacial score (nSPS) is 17.4. The van der Waals surface area contributed by atoms with Gasteiger partial charge in [-0.25, -0.2) is 4.98 Å². The quantitative estimate of drug-likeness (QED) is 0.869. The lowest BCUT2D eigenvalue weighted by Crippen LogP contribution is -2.50. The Bertz CT molecular complexity index is 738. The number of amides is 2. The van der Waals surface area contributed by atoms with Gasteiger partial charge in [-0.2, -0.15) is 0 Å². The molecule has 2 aromatic rings. The second-order valence-corrected chi connectivity index (χ2v) is 5.94. The Morgan fingerprint density at radius 2 is 2.04 bits per heavy atom.